The maximum absolute atomic E-state index is 13.8. The van der Waals surface area contributed by atoms with Crippen LogP contribution in [0.5, 0.6) is 0 Å². The molecule has 4 aliphatic rings. The van der Waals surface area contributed by atoms with Crippen molar-refractivity contribution in [2.24, 2.45) is 17.3 Å². The van der Waals surface area contributed by atoms with E-state index in [0.29, 0.717) is 32.1 Å². The minimum absolute atomic E-state index is 0.0976. The highest BCUT2D eigenvalue weighted by Gasteiger charge is 2.72. The van der Waals surface area contributed by atoms with Crippen LogP contribution in [0, 0.1) is 17.3 Å². The fraction of sp³-hybridized carbons (Fsp3) is 0.750. The van der Waals surface area contributed by atoms with Crippen molar-refractivity contribution in [2.75, 3.05) is 0 Å². The van der Waals surface area contributed by atoms with Crippen molar-refractivity contribution in [3.8, 4) is 0 Å². The number of fused-ring (bicyclic) bond motifs is 4. The second-order valence-electron chi connectivity index (χ2n) is 8.30. The summed E-state index contributed by atoms with van der Waals surface area (Å²) in [5.41, 5.74) is 0.0732. The largest absolute Gasteiger partial charge is 0.417 e. The monoisotopic (exact) mass is 354 g/mol. The molecule has 0 bridgehead atoms. The first-order valence-electron chi connectivity index (χ1n) is 9.48. The zero-order chi connectivity index (χ0) is 18.0. The second-order valence-corrected chi connectivity index (χ2v) is 8.30. The summed E-state index contributed by atoms with van der Waals surface area (Å²) < 4.78 is 41.3. The quantitative estimate of drug-likeness (QED) is 0.729. The lowest BCUT2D eigenvalue weighted by atomic mass is 9.53. The van der Waals surface area contributed by atoms with Gasteiger partial charge in [-0.15, -0.1) is 0 Å². The molecule has 2 fully saturated rings. The summed E-state index contributed by atoms with van der Waals surface area (Å²) in [6.45, 7) is 1.81. The second kappa shape index (κ2) is 5.45. The maximum Gasteiger partial charge on any atom is 0.417 e. The number of carbonyl (C=O) groups excluding carboxylic acids is 1. The number of rotatable bonds is 1. The molecule has 1 N–H and O–H groups in total. The molecule has 0 heterocycles. The van der Waals surface area contributed by atoms with Crippen LogP contribution >= 0.6 is 0 Å². The molecule has 4 atom stereocenters. The third-order valence-corrected chi connectivity index (χ3v) is 7.68. The average molecular weight is 354 g/mol. The van der Waals surface area contributed by atoms with E-state index >= 15 is 0 Å². The van der Waals surface area contributed by atoms with E-state index in [-0.39, 0.29) is 24.0 Å². The van der Waals surface area contributed by atoms with Crippen molar-refractivity contribution >= 4 is 5.78 Å². The van der Waals surface area contributed by atoms with Gasteiger partial charge in [-0.05, 0) is 80.4 Å². The predicted molar refractivity (Wildman–Crippen MR) is 87.8 cm³/mol. The molecule has 4 rings (SSSR count). The van der Waals surface area contributed by atoms with Crippen LogP contribution in [-0.4, -0.2) is 22.7 Å². The zero-order valence-electron chi connectivity index (χ0n) is 14.6. The van der Waals surface area contributed by atoms with Gasteiger partial charge in [-0.25, -0.2) is 0 Å². The van der Waals surface area contributed by atoms with Gasteiger partial charge < -0.3 is 5.11 Å². The van der Waals surface area contributed by atoms with Crippen molar-refractivity contribution in [3.05, 3.63) is 22.8 Å². The van der Waals surface area contributed by atoms with E-state index in [1.54, 1.807) is 13.0 Å². The lowest BCUT2D eigenvalue weighted by Crippen LogP contribution is -2.59. The molecule has 4 aliphatic carbocycles. The number of ketones is 1. The number of aliphatic hydroxyl groups is 1. The summed E-state index contributed by atoms with van der Waals surface area (Å²) in [5.74, 6) is 0.216. The zero-order valence-corrected chi connectivity index (χ0v) is 14.6. The van der Waals surface area contributed by atoms with Gasteiger partial charge in [0, 0.05) is 11.8 Å². The molecular formula is C20H25F3O2. The Balaban J connectivity index is 1.77. The molecule has 138 valence electrons. The molecule has 0 aromatic rings. The first kappa shape index (κ1) is 17.3. The highest BCUT2D eigenvalue weighted by atomic mass is 19.4. The Hall–Kier alpha value is -1.10. The topological polar surface area (TPSA) is 37.3 Å². The Morgan fingerprint density at radius 1 is 1.16 bits per heavy atom. The molecule has 0 aromatic heterocycles. The SMILES string of the molecule is CCC12CCC3=C4CCC(=O)C=C4CC[C@H]3[C@@H]1CCC2(O)C(F)(F)F. The van der Waals surface area contributed by atoms with Crippen LogP contribution in [0.4, 0.5) is 13.2 Å². The van der Waals surface area contributed by atoms with Crippen LogP contribution in [0.15, 0.2) is 22.8 Å². The molecule has 0 radical (unpaired) electrons. The van der Waals surface area contributed by atoms with Crippen molar-refractivity contribution < 1.29 is 23.1 Å². The Bertz CT molecular complexity index is 675. The van der Waals surface area contributed by atoms with E-state index in [2.05, 4.69) is 0 Å². The Kier molecular flexibility index (Phi) is 3.77. The van der Waals surface area contributed by atoms with Crippen LogP contribution in [-0.2, 0) is 4.79 Å². The van der Waals surface area contributed by atoms with Crippen molar-refractivity contribution in [2.45, 2.75) is 76.5 Å². The molecule has 0 saturated heterocycles. The first-order chi connectivity index (χ1) is 11.7. The Morgan fingerprint density at radius 3 is 2.60 bits per heavy atom. The van der Waals surface area contributed by atoms with Gasteiger partial charge in [0.1, 0.15) is 0 Å². The lowest BCUT2D eigenvalue weighted by molar-refractivity contribution is -0.302. The molecule has 0 amide bonds. The van der Waals surface area contributed by atoms with Crippen LogP contribution in [0.1, 0.15) is 64.7 Å². The molecule has 5 heteroatoms. The first-order valence-corrected chi connectivity index (χ1v) is 9.48. The summed E-state index contributed by atoms with van der Waals surface area (Å²) >= 11 is 0. The molecular weight excluding hydrogens is 329 g/mol. The number of hydrogen-bond acceptors (Lipinski definition) is 2. The number of hydrogen-bond donors (Lipinski definition) is 1. The van der Waals surface area contributed by atoms with Gasteiger partial charge in [-0.2, -0.15) is 13.2 Å². The molecule has 0 aromatic carbocycles. The van der Waals surface area contributed by atoms with Gasteiger partial charge in [0.15, 0.2) is 11.4 Å². The van der Waals surface area contributed by atoms with Gasteiger partial charge in [0.05, 0.1) is 0 Å². The molecule has 0 spiro atoms. The lowest BCUT2D eigenvalue weighted by Gasteiger charge is -2.53. The maximum atomic E-state index is 13.8. The van der Waals surface area contributed by atoms with Crippen molar-refractivity contribution in [1.82, 2.24) is 0 Å². The fourth-order valence-electron chi connectivity index (χ4n) is 6.53. The summed E-state index contributed by atoms with van der Waals surface area (Å²) in [6.07, 6.45) is 1.73. The minimum Gasteiger partial charge on any atom is -0.380 e. The summed E-state index contributed by atoms with van der Waals surface area (Å²) in [7, 11) is 0. The summed E-state index contributed by atoms with van der Waals surface area (Å²) in [4.78, 5) is 11.7. The molecule has 2 saturated carbocycles. The van der Waals surface area contributed by atoms with Gasteiger partial charge in [-0.1, -0.05) is 12.5 Å². The Labute approximate surface area is 146 Å². The van der Waals surface area contributed by atoms with Crippen LogP contribution < -0.4 is 0 Å². The van der Waals surface area contributed by atoms with Crippen LogP contribution in [0.3, 0.4) is 0 Å². The Morgan fingerprint density at radius 2 is 1.92 bits per heavy atom. The van der Waals surface area contributed by atoms with Crippen LogP contribution in [0.2, 0.25) is 0 Å². The van der Waals surface area contributed by atoms with E-state index in [4.69, 9.17) is 0 Å². The summed E-state index contributed by atoms with van der Waals surface area (Å²) in [6, 6.07) is 0. The molecule has 0 aliphatic heterocycles. The smallest absolute Gasteiger partial charge is 0.380 e. The minimum atomic E-state index is -4.57. The highest BCUT2D eigenvalue weighted by molar-refractivity contribution is 5.93. The van der Waals surface area contributed by atoms with Gasteiger partial charge in [0.25, 0.3) is 0 Å². The highest BCUT2D eigenvalue weighted by Crippen LogP contribution is 2.68. The standard InChI is InChI=1S/C20H25F3O2/c1-2-18-9-7-15-14-6-4-13(24)11-12(14)3-5-16(15)17(18)8-10-19(18,25)20(21,22)23/h11,16-17,25H,2-10H2,1H3/t16-,17+,18?,19?/m1/s1. The van der Waals surface area contributed by atoms with Gasteiger partial charge in [0.2, 0.25) is 0 Å². The summed E-state index contributed by atoms with van der Waals surface area (Å²) in [5, 5.41) is 10.7. The van der Waals surface area contributed by atoms with Gasteiger partial charge >= 0.3 is 6.18 Å². The molecule has 2 nitrogen and oxygen atoms in total. The van der Waals surface area contributed by atoms with Crippen LogP contribution in [0.25, 0.3) is 0 Å². The van der Waals surface area contributed by atoms with E-state index < -0.39 is 17.2 Å². The van der Waals surface area contributed by atoms with E-state index in [9.17, 15) is 23.1 Å². The number of allylic oxidation sites excluding steroid dienone is 4. The van der Waals surface area contributed by atoms with E-state index in [1.165, 1.54) is 11.1 Å². The van der Waals surface area contributed by atoms with E-state index in [0.717, 1.165) is 24.8 Å². The predicted octanol–water partition coefficient (Wildman–Crippen LogP) is 4.88. The number of alkyl halides is 3. The molecule has 2 unspecified atom stereocenters. The normalized spacial score (nSPS) is 41.2. The van der Waals surface area contributed by atoms with Gasteiger partial charge in [-0.3, -0.25) is 4.79 Å². The number of halogens is 3. The molecule has 25 heavy (non-hydrogen) atoms. The van der Waals surface area contributed by atoms with Crippen molar-refractivity contribution in [1.29, 1.82) is 0 Å². The van der Waals surface area contributed by atoms with Crippen molar-refractivity contribution in [3.63, 3.8) is 0 Å². The average Bonchev–Trinajstić information content (AvgIpc) is 2.89. The van der Waals surface area contributed by atoms with E-state index in [1.807, 2.05) is 0 Å². The third-order valence-electron chi connectivity index (χ3n) is 7.68. The number of carbonyl (C=O) groups is 1. The third kappa shape index (κ3) is 2.17. The fourth-order valence-corrected chi connectivity index (χ4v) is 6.53.